The SMILES string of the molecule is COC1CC(NC(=O)OC2CCC2)C1. The Balaban J connectivity index is 1.58. The van der Waals surface area contributed by atoms with Crippen molar-refractivity contribution in [3.8, 4) is 0 Å². The Morgan fingerprint density at radius 3 is 2.50 bits per heavy atom. The summed E-state index contributed by atoms with van der Waals surface area (Å²) in [5.74, 6) is 0. The molecule has 14 heavy (non-hydrogen) atoms. The van der Waals surface area contributed by atoms with E-state index in [1.807, 2.05) is 0 Å². The van der Waals surface area contributed by atoms with Crippen molar-refractivity contribution in [2.24, 2.45) is 0 Å². The van der Waals surface area contributed by atoms with E-state index in [0.29, 0.717) is 6.10 Å². The van der Waals surface area contributed by atoms with Crippen LogP contribution in [0.15, 0.2) is 0 Å². The molecule has 2 saturated carbocycles. The van der Waals surface area contributed by atoms with Crippen LogP contribution in [0.5, 0.6) is 0 Å². The molecule has 1 amide bonds. The summed E-state index contributed by atoms with van der Waals surface area (Å²) in [6.45, 7) is 0. The molecule has 2 aliphatic rings. The van der Waals surface area contributed by atoms with Gasteiger partial charge < -0.3 is 14.8 Å². The summed E-state index contributed by atoms with van der Waals surface area (Å²) in [6, 6.07) is 0.257. The monoisotopic (exact) mass is 199 g/mol. The van der Waals surface area contributed by atoms with Crippen LogP contribution in [0.2, 0.25) is 0 Å². The van der Waals surface area contributed by atoms with E-state index in [0.717, 1.165) is 25.7 Å². The van der Waals surface area contributed by atoms with Gasteiger partial charge in [-0.1, -0.05) is 0 Å². The summed E-state index contributed by atoms with van der Waals surface area (Å²) in [7, 11) is 1.70. The molecule has 0 atom stereocenters. The van der Waals surface area contributed by atoms with E-state index in [4.69, 9.17) is 9.47 Å². The lowest BCUT2D eigenvalue weighted by molar-refractivity contribution is 0.00818. The number of carbonyl (C=O) groups is 1. The third-order valence-electron chi connectivity index (χ3n) is 3.08. The zero-order valence-electron chi connectivity index (χ0n) is 8.49. The smallest absolute Gasteiger partial charge is 0.407 e. The van der Waals surface area contributed by atoms with Gasteiger partial charge in [0.05, 0.1) is 6.10 Å². The Morgan fingerprint density at radius 2 is 2.00 bits per heavy atom. The molecular weight excluding hydrogens is 182 g/mol. The topological polar surface area (TPSA) is 47.6 Å². The molecular formula is C10H17NO3. The highest BCUT2D eigenvalue weighted by molar-refractivity contribution is 5.68. The average Bonchev–Trinajstić information content (AvgIpc) is 2.03. The maximum atomic E-state index is 11.3. The normalized spacial score (nSPS) is 31.5. The van der Waals surface area contributed by atoms with Crippen LogP contribution >= 0.6 is 0 Å². The van der Waals surface area contributed by atoms with Gasteiger partial charge in [-0.05, 0) is 32.1 Å². The van der Waals surface area contributed by atoms with Gasteiger partial charge in [-0.2, -0.15) is 0 Å². The molecule has 0 unspecified atom stereocenters. The van der Waals surface area contributed by atoms with Crippen LogP contribution in [0, 0.1) is 0 Å². The fourth-order valence-corrected chi connectivity index (χ4v) is 1.72. The predicted molar refractivity (Wildman–Crippen MR) is 51.1 cm³/mol. The third kappa shape index (κ3) is 2.18. The van der Waals surface area contributed by atoms with E-state index in [9.17, 15) is 4.79 Å². The van der Waals surface area contributed by atoms with E-state index < -0.39 is 0 Å². The van der Waals surface area contributed by atoms with E-state index in [1.165, 1.54) is 6.42 Å². The molecule has 0 bridgehead atoms. The van der Waals surface area contributed by atoms with Crippen molar-refractivity contribution >= 4 is 6.09 Å². The second kappa shape index (κ2) is 4.17. The van der Waals surface area contributed by atoms with Gasteiger partial charge in [0.1, 0.15) is 6.10 Å². The quantitative estimate of drug-likeness (QED) is 0.748. The van der Waals surface area contributed by atoms with Crippen LogP contribution in [0.25, 0.3) is 0 Å². The molecule has 0 aromatic rings. The number of methoxy groups -OCH3 is 1. The summed E-state index contributed by atoms with van der Waals surface area (Å²) in [5, 5.41) is 2.84. The standard InChI is InChI=1S/C10H17NO3/c1-13-9-5-7(6-9)11-10(12)14-8-3-2-4-8/h7-9H,2-6H2,1H3,(H,11,12). The summed E-state index contributed by atoms with van der Waals surface area (Å²) in [5.41, 5.74) is 0. The Hall–Kier alpha value is -0.770. The fourth-order valence-electron chi connectivity index (χ4n) is 1.72. The van der Waals surface area contributed by atoms with Crippen LogP contribution in [0.3, 0.4) is 0 Å². The number of nitrogens with one attached hydrogen (secondary N) is 1. The van der Waals surface area contributed by atoms with Crippen molar-refractivity contribution in [3.05, 3.63) is 0 Å². The van der Waals surface area contributed by atoms with Crippen molar-refractivity contribution in [2.45, 2.75) is 50.4 Å². The van der Waals surface area contributed by atoms with Crippen molar-refractivity contribution in [1.82, 2.24) is 5.32 Å². The second-order valence-corrected chi connectivity index (χ2v) is 4.13. The minimum Gasteiger partial charge on any atom is -0.446 e. The predicted octanol–water partition coefficient (Wildman–Crippen LogP) is 1.44. The molecule has 80 valence electrons. The second-order valence-electron chi connectivity index (χ2n) is 4.13. The third-order valence-corrected chi connectivity index (χ3v) is 3.08. The van der Waals surface area contributed by atoms with Crippen LogP contribution in [0.4, 0.5) is 4.79 Å². The summed E-state index contributed by atoms with van der Waals surface area (Å²) in [4.78, 5) is 11.3. The molecule has 2 fully saturated rings. The van der Waals surface area contributed by atoms with E-state index in [-0.39, 0.29) is 18.2 Å². The minimum absolute atomic E-state index is 0.174. The number of hydrogen-bond donors (Lipinski definition) is 1. The van der Waals surface area contributed by atoms with Crippen LogP contribution in [-0.4, -0.2) is 31.5 Å². The van der Waals surface area contributed by atoms with Crippen molar-refractivity contribution in [2.75, 3.05) is 7.11 Å². The molecule has 0 heterocycles. The lowest BCUT2D eigenvalue weighted by Gasteiger charge is -2.35. The van der Waals surface area contributed by atoms with E-state index >= 15 is 0 Å². The molecule has 0 aromatic heterocycles. The van der Waals surface area contributed by atoms with Gasteiger partial charge in [-0.3, -0.25) is 0 Å². The Labute approximate surface area is 84.0 Å². The maximum Gasteiger partial charge on any atom is 0.407 e. The Kier molecular flexibility index (Phi) is 2.91. The van der Waals surface area contributed by atoms with Crippen LogP contribution < -0.4 is 5.32 Å². The van der Waals surface area contributed by atoms with Gasteiger partial charge in [0, 0.05) is 13.2 Å². The van der Waals surface area contributed by atoms with Gasteiger partial charge in [0.25, 0.3) is 0 Å². The summed E-state index contributed by atoms with van der Waals surface area (Å²) < 4.78 is 10.3. The number of carbonyl (C=O) groups excluding carboxylic acids is 1. The molecule has 4 nitrogen and oxygen atoms in total. The maximum absolute atomic E-state index is 11.3. The number of rotatable bonds is 3. The van der Waals surface area contributed by atoms with E-state index in [1.54, 1.807) is 7.11 Å². The molecule has 0 aromatic carbocycles. The fraction of sp³-hybridized carbons (Fsp3) is 0.900. The van der Waals surface area contributed by atoms with Gasteiger partial charge >= 0.3 is 6.09 Å². The largest absolute Gasteiger partial charge is 0.446 e. The summed E-state index contributed by atoms with van der Waals surface area (Å²) in [6.07, 6.45) is 5.31. The first kappa shape index (κ1) is 9.77. The van der Waals surface area contributed by atoms with Crippen LogP contribution in [0.1, 0.15) is 32.1 Å². The number of amides is 1. The lowest BCUT2D eigenvalue weighted by Crippen LogP contribution is -2.48. The first-order valence-electron chi connectivity index (χ1n) is 5.28. The molecule has 1 N–H and O–H groups in total. The van der Waals surface area contributed by atoms with Gasteiger partial charge in [0.15, 0.2) is 0 Å². The van der Waals surface area contributed by atoms with Crippen LogP contribution in [-0.2, 0) is 9.47 Å². The van der Waals surface area contributed by atoms with E-state index in [2.05, 4.69) is 5.32 Å². The average molecular weight is 199 g/mol. The molecule has 2 rings (SSSR count). The molecule has 0 saturated heterocycles. The summed E-state index contributed by atoms with van der Waals surface area (Å²) >= 11 is 0. The Bertz CT molecular complexity index is 209. The number of hydrogen-bond acceptors (Lipinski definition) is 3. The first-order chi connectivity index (χ1) is 6.78. The van der Waals surface area contributed by atoms with Crippen molar-refractivity contribution in [1.29, 1.82) is 0 Å². The van der Waals surface area contributed by atoms with Crippen molar-refractivity contribution < 1.29 is 14.3 Å². The van der Waals surface area contributed by atoms with Gasteiger partial charge in [0.2, 0.25) is 0 Å². The molecule has 0 radical (unpaired) electrons. The van der Waals surface area contributed by atoms with Crippen molar-refractivity contribution in [3.63, 3.8) is 0 Å². The molecule has 0 spiro atoms. The molecule has 0 aliphatic heterocycles. The highest BCUT2D eigenvalue weighted by Crippen LogP contribution is 2.24. The minimum atomic E-state index is -0.255. The molecule has 4 heteroatoms. The van der Waals surface area contributed by atoms with Gasteiger partial charge in [-0.25, -0.2) is 4.79 Å². The number of alkyl carbamates (subject to hydrolysis) is 1. The first-order valence-corrected chi connectivity index (χ1v) is 5.28. The number of ether oxygens (including phenoxy) is 2. The zero-order valence-corrected chi connectivity index (χ0v) is 8.49. The Morgan fingerprint density at radius 1 is 1.29 bits per heavy atom. The lowest BCUT2D eigenvalue weighted by atomic mass is 9.89. The van der Waals surface area contributed by atoms with Gasteiger partial charge in [-0.15, -0.1) is 0 Å². The highest BCUT2D eigenvalue weighted by atomic mass is 16.6. The molecule has 2 aliphatic carbocycles. The highest BCUT2D eigenvalue weighted by Gasteiger charge is 2.31. The zero-order chi connectivity index (χ0) is 9.97.